The van der Waals surface area contributed by atoms with E-state index in [-0.39, 0.29) is 0 Å². The number of likely N-dealkylation sites (N-methyl/N-ethyl adjacent to an activating group) is 1. The van der Waals surface area contributed by atoms with Gasteiger partial charge in [0.1, 0.15) is 0 Å². The molecule has 0 radical (unpaired) electrons. The summed E-state index contributed by atoms with van der Waals surface area (Å²) in [6, 6.07) is 7.13. The van der Waals surface area contributed by atoms with E-state index in [4.69, 9.17) is 0 Å². The first-order valence-electron chi connectivity index (χ1n) is 7.29. The van der Waals surface area contributed by atoms with Crippen molar-refractivity contribution in [3.63, 3.8) is 0 Å². The van der Waals surface area contributed by atoms with Crippen LogP contribution in [-0.4, -0.2) is 28.1 Å². The number of hydrogen-bond donors (Lipinski definition) is 2. The topological polar surface area (TPSA) is 58.2 Å². The molecule has 0 bridgehead atoms. The Balaban J connectivity index is 2.62. The molecule has 1 aromatic carbocycles. The fraction of sp³-hybridized carbons (Fsp3) is 0.600. The van der Waals surface area contributed by atoms with Crippen LogP contribution in [0.25, 0.3) is 0 Å². The molecular weight excluding hydrogens is 272 g/mol. The molecule has 114 valence electrons. The number of benzene rings is 1. The molecule has 5 heteroatoms. The van der Waals surface area contributed by atoms with Gasteiger partial charge in [0, 0.05) is 6.54 Å². The lowest BCUT2D eigenvalue weighted by molar-refractivity contribution is 0.528. The Hall–Kier alpha value is -0.910. The number of sulfonamides is 1. The molecule has 4 nitrogen and oxygen atoms in total. The Kier molecular flexibility index (Phi) is 7.19. The van der Waals surface area contributed by atoms with Crippen LogP contribution >= 0.6 is 0 Å². The molecule has 0 heterocycles. The van der Waals surface area contributed by atoms with Gasteiger partial charge in [-0.1, -0.05) is 39.3 Å². The first-order valence-corrected chi connectivity index (χ1v) is 8.77. The fourth-order valence-electron chi connectivity index (χ4n) is 1.72. The van der Waals surface area contributed by atoms with E-state index in [1.165, 1.54) is 0 Å². The van der Waals surface area contributed by atoms with Crippen LogP contribution in [0.15, 0.2) is 29.2 Å². The Morgan fingerprint density at radius 2 is 1.80 bits per heavy atom. The molecule has 0 saturated heterocycles. The summed E-state index contributed by atoms with van der Waals surface area (Å²) in [6.45, 7) is 8.50. The van der Waals surface area contributed by atoms with E-state index in [0.29, 0.717) is 17.4 Å². The average Bonchev–Trinajstić information content (AvgIpc) is 2.45. The van der Waals surface area contributed by atoms with Crippen LogP contribution < -0.4 is 10.0 Å². The van der Waals surface area contributed by atoms with Gasteiger partial charge in [-0.2, -0.15) is 0 Å². The zero-order chi connectivity index (χ0) is 15.0. The Morgan fingerprint density at radius 3 is 2.35 bits per heavy atom. The molecule has 1 unspecified atom stereocenters. The zero-order valence-electron chi connectivity index (χ0n) is 12.6. The summed E-state index contributed by atoms with van der Waals surface area (Å²) in [7, 11) is -3.37. The van der Waals surface area contributed by atoms with Gasteiger partial charge in [0.05, 0.1) is 4.90 Å². The third-order valence-corrected chi connectivity index (χ3v) is 4.83. The Morgan fingerprint density at radius 1 is 1.15 bits per heavy atom. The van der Waals surface area contributed by atoms with Crippen LogP contribution in [-0.2, 0) is 16.4 Å². The van der Waals surface area contributed by atoms with Gasteiger partial charge in [-0.25, -0.2) is 13.1 Å². The molecule has 2 N–H and O–H groups in total. The fourth-order valence-corrected chi connectivity index (χ4v) is 2.89. The van der Waals surface area contributed by atoms with E-state index >= 15 is 0 Å². The lowest BCUT2D eigenvalue weighted by Gasteiger charge is -2.11. The molecule has 0 spiro atoms. The van der Waals surface area contributed by atoms with Crippen molar-refractivity contribution in [3.05, 3.63) is 29.8 Å². The van der Waals surface area contributed by atoms with Gasteiger partial charge < -0.3 is 5.32 Å². The van der Waals surface area contributed by atoms with E-state index in [9.17, 15) is 8.42 Å². The van der Waals surface area contributed by atoms with Crippen LogP contribution in [0.1, 0.15) is 32.8 Å². The third kappa shape index (κ3) is 5.61. The van der Waals surface area contributed by atoms with Crippen molar-refractivity contribution in [1.29, 1.82) is 0 Å². The molecule has 20 heavy (non-hydrogen) atoms. The van der Waals surface area contributed by atoms with Gasteiger partial charge in [0.2, 0.25) is 10.0 Å². The first kappa shape index (κ1) is 17.1. The van der Waals surface area contributed by atoms with Gasteiger partial charge in [0.15, 0.2) is 0 Å². The minimum Gasteiger partial charge on any atom is -0.317 e. The van der Waals surface area contributed by atoms with Crippen molar-refractivity contribution in [1.82, 2.24) is 10.0 Å². The predicted molar refractivity (Wildman–Crippen MR) is 83.3 cm³/mol. The minimum absolute atomic E-state index is 0.341. The van der Waals surface area contributed by atoms with Crippen LogP contribution in [0.3, 0.4) is 0 Å². The second-order valence-electron chi connectivity index (χ2n) is 5.11. The van der Waals surface area contributed by atoms with Gasteiger partial charge in [-0.3, -0.25) is 0 Å². The molecule has 1 atom stereocenters. The standard InChI is InChI=1S/C15H26N2O2S/c1-4-13(3)12-17-20(18,19)15-8-6-14(7-9-15)10-11-16-5-2/h6-9,13,16-17H,4-5,10-12H2,1-3H3. The maximum atomic E-state index is 12.1. The van der Waals surface area contributed by atoms with E-state index in [1.54, 1.807) is 12.1 Å². The Labute approximate surface area is 123 Å². The second kappa shape index (κ2) is 8.39. The predicted octanol–water partition coefficient (Wildman–Crippen LogP) is 2.16. The van der Waals surface area contributed by atoms with Crippen molar-refractivity contribution in [2.75, 3.05) is 19.6 Å². The average molecular weight is 298 g/mol. The maximum Gasteiger partial charge on any atom is 0.240 e. The molecule has 1 rings (SSSR count). The Bertz CT molecular complexity index is 483. The highest BCUT2D eigenvalue weighted by Crippen LogP contribution is 2.11. The summed E-state index contributed by atoms with van der Waals surface area (Å²) in [4.78, 5) is 0.341. The van der Waals surface area contributed by atoms with E-state index in [1.807, 2.05) is 19.1 Å². The van der Waals surface area contributed by atoms with E-state index < -0.39 is 10.0 Å². The summed E-state index contributed by atoms with van der Waals surface area (Å²) < 4.78 is 26.9. The molecule has 1 aromatic rings. The van der Waals surface area contributed by atoms with E-state index in [0.717, 1.165) is 31.5 Å². The van der Waals surface area contributed by atoms with Crippen molar-refractivity contribution in [2.45, 2.75) is 38.5 Å². The van der Waals surface area contributed by atoms with Crippen LogP contribution in [0, 0.1) is 5.92 Å². The summed E-state index contributed by atoms with van der Waals surface area (Å²) in [5.41, 5.74) is 1.15. The summed E-state index contributed by atoms with van der Waals surface area (Å²) in [6.07, 6.45) is 1.88. The largest absolute Gasteiger partial charge is 0.317 e. The van der Waals surface area contributed by atoms with Crippen LogP contribution in [0.5, 0.6) is 0 Å². The van der Waals surface area contributed by atoms with Crippen molar-refractivity contribution < 1.29 is 8.42 Å². The van der Waals surface area contributed by atoms with Crippen molar-refractivity contribution in [2.24, 2.45) is 5.92 Å². The normalized spacial score (nSPS) is 13.3. The third-order valence-electron chi connectivity index (χ3n) is 3.39. The molecule has 0 amide bonds. The molecular formula is C15H26N2O2S. The van der Waals surface area contributed by atoms with E-state index in [2.05, 4.69) is 23.9 Å². The minimum atomic E-state index is -3.37. The lowest BCUT2D eigenvalue weighted by atomic mass is 10.1. The zero-order valence-corrected chi connectivity index (χ0v) is 13.5. The SMILES string of the molecule is CCNCCc1ccc(S(=O)(=O)NCC(C)CC)cc1. The highest BCUT2D eigenvalue weighted by atomic mass is 32.2. The molecule has 0 saturated carbocycles. The smallest absolute Gasteiger partial charge is 0.240 e. The summed E-state index contributed by atoms with van der Waals surface area (Å²) in [5, 5.41) is 3.25. The summed E-state index contributed by atoms with van der Waals surface area (Å²) in [5.74, 6) is 0.351. The maximum absolute atomic E-state index is 12.1. The molecule has 0 aliphatic carbocycles. The molecule has 0 aliphatic heterocycles. The van der Waals surface area contributed by atoms with Gasteiger partial charge >= 0.3 is 0 Å². The number of hydrogen-bond acceptors (Lipinski definition) is 3. The van der Waals surface area contributed by atoms with Crippen molar-refractivity contribution in [3.8, 4) is 0 Å². The lowest BCUT2D eigenvalue weighted by Crippen LogP contribution is -2.28. The second-order valence-corrected chi connectivity index (χ2v) is 6.88. The monoisotopic (exact) mass is 298 g/mol. The molecule has 0 fully saturated rings. The highest BCUT2D eigenvalue weighted by Gasteiger charge is 2.14. The molecule has 0 aliphatic rings. The van der Waals surface area contributed by atoms with Gasteiger partial charge in [-0.15, -0.1) is 0 Å². The number of nitrogens with one attached hydrogen (secondary N) is 2. The molecule has 0 aromatic heterocycles. The van der Waals surface area contributed by atoms with Gasteiger partial charge in [0.25, 0.3) is 0 Å². The first-order chi connectivity index (χ1) is 9.49. The number of rotatable bonds is 9. The van der Waals surface area contributed by atoms with Crippen LogP contribution in [0.4, 0.5) is 0 Å². The quantitative estimate of drug-likeness (QED) is 0.687. The summed E-state index contributed by atoms with van der Waals surface area (Å²) >= 11 is 0. The van der Waals surface area contributed by atoms with Gasteiger partial charge in [-0.05, 0) is 43.1 Å². The van der Waals surface area contributed by atoms with Crippen molar-refractivity contribution >= 4 is 10.0 Å². The highest BCUT2D eigenvalue weighted by molar-refractivity contribution is 7.89. The van der Waals surface area contributed by atoms with Crippen LogP contribution in [0.2, 0.25) is 0 Å².